The van der Waals surface area contributed by atoms with Crippen LogP contribution >= 0.6 is 11.6 Å². The Balaban J connectivity index is 1.84. The van der Waals surface area contributed by atoms with E-state index in [1.165, 1.54) is 0 Å². The van der Waals surface area contributed by atoms with Gasteiger partial charge < -0.3 is 10.2 Å². The molecule has 0 unspecified atom stereocenters. The van der Waals surface area contributed by atoms with Crippen LogP contribution < -0.4 is 10.2 Å². The molecule has 0 aliphatic carbocycles. The molecular formula is C12H17ClN4O. The normalized spacial score (nSPS) is 16.3. The summed E-state index contributed by atoms with van der Waals surface area (Å²) < 4.78 is 0. The Kier molecular flexibility index (Phi) is 3.43. The number of aromatic nitrogens is 2. The van der Waals surface area contributed by atoms with Gasteiger partial charge >= 0.3 is 0 Å². The molecule has 1 amide bonds. The first-order valence-corrected chi connectivity index (χ1v) is 6.27. The van der Waals surface area contributed by atoms with Crippen molar-refractivity contribution >= 4 is 23.5 Å². The van der Waals surface area contributed by atoms with Gasteiger partial charge in [-0.25, -0.2) is 9.97 Å². The standard InChI is InChI=1S/C12H17ClN4O/c1-12(2,3)10(18)16-9-6-17(7-9)11-14-4-8(13)5-15-11/h4-5,9H,6-7H2,1-3H3,(H,16,18). The third kappa shape index (κ3) is 2.90. The number of hydrogen-bond donors (Lipinski definition) is 1. The van der Waals surface area contributed by atoms with Crippen LogP contribution in [0.1, 0.15) is 20.8 Å². The molecule has 1 fully saturated rings. The number of rotatable bonds is 2. The highest BCUT2D eigenvalue weighted by Crippen LogP contribution is 2.19. The molecule has 0 bridgehead atoms. The van der Waals surface area contributed by atoms with Crippen molar-refractivity contribution < 1.29 is 4.79 Å². The topological polar surface area (TPSA) is 58.1 Å². The molecule has 0 aromatic carbocycles. The van der Waals surface area contributed by atoms with Gasteiger partial charge in [0, 0.05) is 18.5 Å². The fourth-order valence-corrected chi connectivity index (χ4v) is 1.70. The van der Waals surface area contributed by atoms with Gasteiger partial charge in [-0.3, -0.25) is 4.79 Å². The van der Waals surface area contributed by atoms with E-state index in [0.717, 1.165) is 13.1 Å². The van der Waals surface area contributed by atoms with Gasteiger partial charge in [-0.2, -0.15) is 0 Å². The number of nitrogens with zero attached hydrogens (tertiary/aromatic N) is 3. The highest BCUT2D eigenvalue weighted by atomic mass is 35.5. The van der Waals surface area contributed by atoms with Crippen molar-refractivity contribution in [1.82, 2.24) is 15.3 Å². The van der Waals surface area contributed by atoms with Gasteiger partial charge in [0.25, 0.3) is 0 Å². The van der Waals surface area contributed by atoms with Gasteiger partial charge in [0.1, 0.15) is 0 Å². The van der Waals surface area contributed by atoms with Crippen molar-refractivity contribution in [3.8, 4) is 0 Å². The Hall–Kier alpha value is -1.36. The number of carbonyl (C=O) groups is 1. The van der Waals surface area contributed by atoms with E-state index < -0.39 is 0 Å². The van der Waals surface area contributed by atoms with Gasteiger partial charge in [-0.15, -0.1) is 0 Å². The summed E-state index contributed by atoms with van der Waals surface area (Å²) in [6.45, 7) is 7.19. The summed E-state index contributed by atoms with van der Waals surface area (Å²) in [6, 6.07) is 0.177. The molecule has 2 heterocycles. The van der Waals surface area contributed by atoms with Crippen LogP contribution in [-0.4, -0.2) is 35.0 Å². The second kappa shape index (κ2) is 4.72. The minimum atomic E-state index is -0.350. The Morgan fingerprint density at radius 1 is 1.39 bits per heavy atom. The number of nitrogens with one attached hydrogen (secondary N) is 1. The summed E-state index contributed by atoms with van der Waals surface area (Å²) in [5.41, 5.74) is -0.350. The summed E-state index contributed by atoms with van der Waals surface area (Å²) in [4.78, 5) is 22.0. The molecule has 1 N–H and O–H groups in total. The maximum atomic E-state index is 11.8. The predicted octanol–water partition coefficient (Wildman–Crippen LogP) is 1.48. The van der Waals surface area contributed by atoms with Crippen molar-refractivity contribution in [2.24, 2.45) is 5.41 Å². The molecule has 0 spiro atoms. The van der Waals surface area contributed by atoms with Gasteiger partial charge in [-0.05, 0) is 0 Å². The van der Waals surface area contributed by atoms with Crippen molar-refractivity contribution in [2.75, 3.05) is 18.0 Å². The number of hydrogen-bond acceptors (Lipinski definition) is 4. The molecule has 2 rings (SSSR count). The number of carbonyl (C=O) groups excluding carboxylic acids is 1. The van der Waals surface area contributed by atoms with Gasteiger partial charge in [0.05, 0.1) is 23.5 Å². The lowest BCUT2D eigenvalue weighted by Gasteiger charge is -2.40. The molecular weight excluding hydrogens is 252 g/mol. The van der Waals surface area contributed by atoms with Crippen LogP contribution in [-0.2, 0) is 4.79 Å². The van der Waals surface area contributed by atoms with Gasteiger partial charge in [0.2, 0.25) is 11.9 Å². The van der Waals surface area contributed by atoms with E-state index in [1.807, 2.05) is 25.7 Å². The zero-order valence-corrected chi connectivity index (χ0v) is 11.5. The quantitative estimate of drug-likeness (QED) is 0.883. The van der Waals surface area contributed by atoms with Crippen molar-refractivity contribution in [3.63, 3.8) is 0 Å². The second-order valence-corrected chi connectivity index (χ2v) is 5.96. The van der Waals surface area contributed by atoms with Gasteiger partial charge in [0.15, 0.2) is 0 Å². The maximum absolute atomic E-state index is 11.8. The molecule has 1 aromatic heterocycles. The van der Waals surface area contributed by atoms with Crippen LogP contribution in [0.5, 0.6) is 0 Å². The van der Waals surface area contributed by atoms with Crippen LogP contribution in [0, 0.1) is 5.41 Å². The first-order chi connectivity index (χ1) is 8.36. The largest absolute Gasteiger partial charge is 0.349 e. The Bertz CT molecular complexity index is 434. The van der Waals surface area contributed by atoms with Crippen LogP contribution in [0.25, 0.3) is 0 Å². The average Bonchev–Trinajstić information content (AvgIpc) is 2.23. The van der Waals surface area contributed by atoms with E-state index in [9.17, 15) is 4.79 Å². The molecule has 18 heavy (non-hydrogen) atoms. The fraction of sp³-hybridized carbons (Fsp3) is 0.583. The summed E-state index contributed by atoms with van der Waals surface area (Å²) in [6.07, 6.45) is 3.15. The zero-order valence-electron chi connectivity index (χ0n) is 10.8. The lowest BCUT2D eigenvalue weighted by molar-refractivity contribution is -0.129. The molecule has 0 atom stereocenters. The first-order valence-electron chi connectivity index (χ1n) is 5.90. The van der Waals surface area contributed by atoms with E-state index in [4.69, 9.17) is 11.6 Å². The summed E-state index contributed by atoms with van der Waals surface area (Å²) >= 11 is 5.72. The van der Waals surface area contributed by atoms with E-state index >= 15 is 0 Å². The summed E-state index contributed by atoms with van der Waals surface area (Å²) in [7, 11) is 0. The smallest absolute Gasteiger partial charge is 0.225 e. The predicted molar refractivity (Wildman–Crippen MR) is 70.6 cm³/mol. The van der Waals surface area contributed by atoms with Crippen LogP contribution in [0.3, 0.4) is 0 Å². The van der Waals surface area contributed by atoms with Crippen LogP contribution in [0.15, 0.2) is 12.4 Å². The van der Waals surface area contributed by atoms with Crippen molar-refractivity contribution in [1.29, 1.82) is 0 Å². The number of amides is 1. The highest BCUT2D eigenvalue weighted by Gasteiger charge is 2.32. The number of anilines is 1. The molecule has 0 radical (unpaired) electrons. The molecule has 6 heteroatoms. The first kappa shape index (κ1) is 13.1. The Labute approximate surface area is 112 Å². The Morgan fingerprint density at radius 3 is 2.44 bits per heavy atom. The molecule has 1 saturated heterocycles. The van der Waals surface area contributed by atoms with Gasteiger partial charge in [-0.1, -0.05) is 32.4 Å². The molecule has 1 aliphatic rings. The molecule has 0 saturated carbocycles. The third-order valence-corrected chi connectivity index (χ3v) is 2.98. The molecule has 98 valence electrons. The average molecular weight is 269 g/mol. The van der Waals surface area contributed by atoms with Crippen molar-refractivity contribution in [3.05, 3.63) is 17.4 Å². The van der Waals surface area contributed by atoms with E-state index in [2.05, 4.69) is 15.3 Å². The highest BCUT2D eigenvalue weighted by molar-refractivity contribution is 6.30. The fourth-order valence-electron chi connectivity index (χ4n) is 1.60. The monoisotopic (exact) mass is 268 g/mol. The van der Waals surface area contributed by atoms with E-state index in [0.29, 0.717) is 11.0 Å². The Morgan fingerprint density at radius 2 is 1.94 bits per heavy atom. The number of halogens is 1. The maximum Gasteiger partial charge on any atom is 0.225 e. The SMILES string of the molecule is CC(C)(C)C(=O)NC1CN(c2ncc(Cl)cn2)C1. The van der Waals surface area contributed by atoms with Crippen LogP contribution in [0.4, 0.5) is 5.95 Å². The zero-order chi connectivity index (χ0) is 13.3. The summed E-state index contributed by atoms with van der Waals surface area (Å²) in [5.74, 6) is 0.727. The summed E-state index contributed by atoms with van der Waals surface area (Å²) in [5, 5.41) is 3.53. The minimum Gasteiger partial charge on any atom is -0.349 e. The van der Waals surface area contributed by atoms with E-state index in [1.54, 1.807) is 12.4 Å². The lowest BCUT2D eigenvalue weighted by atomic mass is 9.94. The molecule has 1 aromatic rings. The van der Waals surface area contributed by atoms with Crippen LogP contribution in [0.2, 0.25) is 5.02 Å². The molecule has 1 aliphatic heterocycles. The minimum absolute atomic E-state index is 0.0733. The second-order valence-electron chi connectivity index (χ2n) is 5.53. The lowest BCUT2D eigenvalue weighted by Crippen LogP contribution is -2.61. The van der Waals surface area contributed by atoms with Crippen molar-refractivity contribution in [2.45, 2.75) is 26.8 Å². The third-order valence-electron chi connectivity index (χ3n) is 2.79. The molecule has 5 nitrogen and oxygen atoms in total. The van der Waals surface area contributed by atoms with E-state index in [-0.39, 0.29) is 17.4 Å².